The molecule has 0 fully saturated rings. The summed E-state index contributed by atoms with van der Waals surface area (Å²) in [4.78, 5) is 28.3. The number of hydrogen-bond acceptors (Lipinski definition) is 5. The molecular formula is C18H17N3O3. The molecule has 0 aliphatic heterocycles. The summed E-state index contributed by atoms with van der Waals surface area (Å²) in [7, 11) is 0. The van der Waals surface area contributed by atoms with E-state index in [1.165, 1.54) is 6.20 Å². The first-order chi connectivity index (χ1) is 11.4. The summed E-state index contributed by atoms with van der Waals surface area (Å²) in [6, 6.07) is 9.98. The van der Waals surface area contributed by atoms with E-state index in [-0.39, 0.29) is 23.4 Å². The Bertz CT molecular complexity index is 911. The zero-order valence-electron chi connectivity index (χ0n) is 13.4. The molecule has 0 bridgehead atoms. The normalized spacial score (nSPS) is 11.0. The fraction of sp³-hybridized carbons (Fsp3) is 0.167. The molecule has 6 heteroatoms. The Morgan fingerprint density at radius 1 is 1.17 bits per heavy atom. The first-order valence-corrected chi connectivity index (χ1v) is 7.55. The minimum absolute atomic E-state index is 0.0829. The van der Waals surface area contributed by atoms with Crippen molar-refractivity contribution in [3.8, 4) is 0 Å². The number of nitrogens with two attached hydrogens (primary N) is 1. The van der Waals surface area contributed by atoms with E-state index in [1.807, 2.05) is 0 Å². The van der Waals surface area contributed by atoms with Gasteiger partial charge in [0.15, 0.2) is 5.76 Å². The lowest BCUT2D eigenvalue weighted by Crippen LogP contribution is -2.11. The maximum absolute atomic E-state index is 12.2. The highest BCUT2D eigenvalue weighted by Crippen LogP contribution is 2.23. The molecule has 0 saturated heterocycles. The van der Waals surface area contributed by atoms with Crippen molar-refractivity contribution in [3.63, 3.8) is 0 Å². The van der Waals surface area contributed by atoms with Gasteiger partial charge in [0.05, 0.1) is 11.9 Å². The molecule has 0 unspecified atom stereocenters. The summed E-state index contributed by atoms with van der Waals surface area (Å²) in [5, 5.41) is 3.42. The van der Waals surface area contributed by atoms with E-state index in [1.54, 1.807) is 50.2 Å². The quantitative estimate of drug-likeness (QED) is 0.565. The van der Waals surface area contributed by atoms with E-state index in [0.717, 1.165) is 0 Å². The van der Waals surface area contributed by atoms with Gasteiger partial charge in [-0.15, -0.1) is 0 Å². The second-order valence-corrected chi connectivity index (χ2v) is 5.82. The van der Waals surface area contributed by atoms with E-state index in [9.17, 15) is 9.59 Å². The van der Waals surface area contributed by atoms with Crippen LogP contribution in [0.3, 0.4) is 0 Å². The summed E-state index contributed by atoms with van der Waals surface area (Å²) < 4.78 is 5.46. The molecule has 1 amide bonds. The topological polar surface area (TPSA) is 98.2 Å². The lowest BCUT2D eigenvalue weighted by Gasteiger charge is -2.05. The number of anilines is 2. The van der Waals surface area contributed by atoms with Crippen LogP contribution < -0.4 is 11.1 Å². The molecule has 1 aromatic carbocycles. The third-order valence-electron chi connectivity index (χ3n) is 3.57. The number of aromatic nitrogens is 1. The molecule has 0 radical (unpaired) electrons. The van der Waals surface area contributed by atoms with Crippen molar-refractivity contribution in [2.24, 2.45) is 5.92 Å². The number of nitrogens with one attached hydrogen (secondary N) is 1. The average Bonchev–Trinajstić information content (AvgIpc) is 2.97. The minimum atomic E-state index is -0.266. The number of carbonyl (C=O) groups is 2. The van der Waals surface area contributed by atoms with Gasteiger partial charge in [0.25, 0.3) is 5.91 Å². The maximum Gasteiger partial charge on any atom is 0.255 e. The third-order valence-corrected chi connectivity index (χ3v) is 3.57. The van der Waals surface area contributed by atoms with Gasteiger partial charge in [-0.1, -0.05) is 13.8 Å². The molecular weight excluding hydrogens is 306 g/mol. The van der Waals surface area contributed by atoms with Gasteiger partial charge in [0, 0.05) is 22.6 Å². The van der Waals surface area contributed by atoms with Gasteiger partial charge >= 0.3 is 0 Å². The highest BCUT2D eigenvalue weighted by molar-refractivity contribution is 6.05. The zero-order chi connectivity index (χ0) is 17.3. The number of hydrogen-bond donors (Lipinski definition) is 2. The van der Waals surface area contributed by atoms with E-state index >= 15 is 0 Å². The van der Waals surface area contributed by atoms with Gasteiger partial charge in [0.1, 0.15) is 0 Å². The first-order valence-electron chi connectivity index (χ1n) is 7.55. The molecule has 0 saturated carbocycles. The molecule has 6 nitrogen and oxygen atoms in total. The molecule has 2 heterocycles. The lowest BCUT2D eigenvalue weighted by molar-refractivity contribution is 0.0913. The van der Waals surface area contributed by atoms with Gasteiger partial charge in [-0.2, -0.15) is 0 Å². The number of Topliss-reactive ketones (excluding diaryl/α,β-unsaturated/α-hetero) is 1. The molecule has 3 N–H and O–H groups in total. The smallest absolute Gasteiger partial charge is 0.255 e. The molecule has 24 heavy (non-hydrogen) atoms. The van der Waals surface area contributed by atoms with Crippen LogP contribution in [0, 0.1) is 5.92 Å². The van der Waals surface area contributed by atoms with Crippen molar-refractivity contribution in [1.82, 2.24) is 4.98 Å². The summed E-state index contributed by atoms with van der Waals surface area (Å²) in [5.74, 6) is -0.233. The SMILES string of the molecule is CC(C)C(=O)c1cc2cc(NC(=O)c3ccc(N)cc3)cnc2o1. The van der Waals surface area contributed by atoms with Crippen molar-refractivity contribution >= 4 is 34.2 Å². The van der Waals surface area contributed by atoms with Crippen LogP contribution in [0.15, 0.2) is 47.0 Å². The van der Waals surface area contributed by atoms with Gasteiger partial charge in [-0.3, -0.25) is 9.59 Å². The Morgan fingerprint density at radius 2 is 1.88 bits per heavy atom. The first kappa shape index (κ1) is 15.7. The molecule has 0 spiro atoms. The van der Waals surface area contributed by atoms with Crippen molar-refractivity contribution in [2.45, 2.75) is 13.8 Å². The van der Waals surface area contributed by atoms with E-state index in [2.05, 4.69) is 10.3 Å². The fourth-order valence-electron chi connectivity index (χ4n) is 2.24. The van der Waals surface area contributed by atoms with Crippen LogP contribution in [0.2, 0.25) is 0 Å². The largest absolute Gasteiger partial charge is 0.435 e. The van der Waals surface area contributed by atoms with Gasteiger partial charge in [0.2, 0.25) is 11.5 Å². The number of benzene rings is 1. The summed E-state index contributed by atoms with van der Waals surface area (Å²) >= 11 is 0. The Morgan fingerprint density at radius 3 is 2.54 bits per heavy atom. The number of furan rings is 1. The Hall–Kier alpha value is -3.15. The van der Waals surface area contributed by atoms with Crippen LogP contribution in [0.25, 0.3) is 11.1 Å². The molecule has 2 aromatic heterocycles. The summed E-state index contributed by atoms with van der Waals surface area (Å²) in [6.45, 7) is 3.61. The Balaban J connectivity index is 1.84. The van der Waals surface area contributed by atoms with Crippen LogP contribution in [-0.4, -0.2) is 16.7 Å². The molecule has 122 valence electrons. The second-order valence-electron chi connectivity index (χ2n) is 5.82. The van der Waals surface area contributed by atoms with Crippen LogP contribution in [0.1, 0.15) is 34.8 Å². The predicted octanol–water partition coefficient (Wildman–Crippen LogP) is 3.50. The Labute approximate surface area is 138 Å². The van der Waals surface area contributed by atoms with Gasteiger partial charge in [-0.25, -0.2) is 4.98 Å². The number of fused-ring (bicyclic) bond motifs is 1. The van der Waals surface area contributed by atoms with Crippen molar-refractivity contribution in [3.05, 3.63) is 53.9 Å². The number of nitrogens with zero attached hydrogens (tertiary/aromatic N) is 1. The van der Waals surface area contributed by atoms with E-state index in [4.69, 9.17) is 10.2 Å². The minimum Gasteiger partial charge on any atom is -0.435 e. The fourth-order valence-corrected chi connectivity index (χ4v) is 2.24. The number of carbonyl (C=O) groups excluding carboxylic acids is 2. The summed E-state index contributed by atoms with van der Waals surface area (Å²) in [5.41, 5.74) is 7.58. The monoisotopic (exact) mass is 323 g/mol. The lowest BCUT2D eigenvalue weighted by atomic mass is 10.1. The second kappa shape index (κ2) is 6.16. The van der Waals surface area contributed by atoms with Gasteiger partial charge < -0.3 is 15.5 Å². The number of ketones is 1. The average molecular weight is 323 g/mol. The zero-order valence-corrected chi connectivity index (χ0v) is 13.4. The maximum atomic E-state index is 12.2. The van der Waals surface area contributed by atoms with Crippen molar-refractivity contribution in [1.29, 1.82) is 0 Å². The summed E-state index contributed by atoms with van der Waals surface area (Å²) in [6.07, 6.45) is 1.49. The van der Waals surface area contributed by atoms with Gasteiger partial charge in [-0.05, 0) is 36.4 Å². The molecule has 3 rings (SSSR count). The molecule has 0 aliphatic rings. The molecule has 3 aromatic rings. The number of nitrogen functional groups attached to an aromatic ring is 1. The van der Waals surface area contributed by atoms with Crippen LogP contribution in [-0.2, 0) is 0 Å². The standard InChI is InChI=1S/C18H17N3O3/c1-10(2)16(22)15-8-12-7-14(9-20-18(12)24-15)21-17(23)11-3-5-13(19)6-4-11/h3-10H,19H2,1-2H3,(H,21,23). The number of amides is 1. The third kappa shape index (κ3) is 3.12. The van der Waals surface area contributed by atoms with Crippen LogP contribution in [0.4, 0.5) is 11.4 Å². The van der Waals surface area contributed by atoms with Crippen LogP contribution in [0.5, 0.6) is 0 Å². The number of pyridine rings is 1. The molecule has 0 atom stereocenters. The number of rotatable bonds is 4. The Kier molecular flexibility index (Phi) is 4.04. The van der Waals surface area contributed by atoms with Crippen LogP contribution >= 0.6 is 0 Å². The molecule has 0 aliphatic carbocycles. The highest BCUT2D eigenvalue weighted by Gasteiger charge is 2.16. The van der Waals surface area contributed by atoms with E-state index < -0.39 is 0 Å². The predicted molar refractivity (Wildman–Crippen MR) is 92.0 cm³/mol. The van der Waals surface area contributed by atoms with Crippen molar-refractivity contribution in [2.75, 3.05) is 11.1 Å². The highest BCUT2D eigenvalue weighted by atomic mass is 16.4. The van der Waals surface area contributed by atoms with E-state index in [0.29, 0.717) is 28.0 Å². The van der Waals surface area contributed by atoms with Crippen molar-refractivity contribution < 1.29 is 14.0 Å².